The number of likely N-dealkylation sites (tertiary alicyclic amines) is 1. The van der Waals surface area contributed by atoms with Crippen LogP contribution in [0, 0.1) is 11.8 Å². The average Bonchev–Trinajstić information content (AvgIpc) is 2.97. The smallest absolute Gasteiger partial charge is 0.123 e. The summed E-state index contributed by atoms with van der Waals surface area (Å²) in [5.74, 6) is 6.49. The summed E-state index contributed by atoms with van der Waals surface area (Å²) in [5, 5.41) is 0. The first-order chi connectivity index (χ1) is 14.5. The quantitative estimate of drug-likeness (QED) is 0.452. The van der Waals surface area contributed by atoms with Gasteiger partial charge in [0.2, 0.25) is 0 Å². The van der Waals surface area contributed by atoms with E-state index in [4.69, 9.17) is 14.2 Å². The largest absolute Gasteiger partial charge is 0.381 e. The summed E-state index contributed by atoms with van der Waals surface area (Å²) in [6, 6.07) is 0. The second-order valence-electron chi connectivity index (χ2n) is 8.14. The van der Waals surface area contributed by atoms with Crippen molar-refractivity contribution in [3.63, 3.8) is 0 Å². The van der Waals surface area contributed by atoms with Crippen molar-refractivity contribution < 1.29 is 14.2 Å². The van der Waals surface area contributed by atoms with Gasteiger partial charge in [0.25, 0.3) is 0 Å². The van der Waals surface area contributed by atoms with Gasteiger partial charge in [-0.1, -0.05) is 25.7 Å². The molecule has 0 aromatic rings. The molecule has 0 N–H and O–H groups in total. The summed E-state index contributed by atoms with van der Waals surface area (Å²) >= 11 is 0. The van der Waals surface area contributed by atoms with Gasteiger partial charge >= 0.3 is 0 Å². The second kappa shape index (κ2) is 12.2. The molecule has 0 aromatic carbocycles. The third-order valence-electron chi connectivity index (χ3n) is 5.48. The summed E-state index contributed by atoms with van der Waals surface area (Å²) < 4.78 is 17.3. The monoisotopic (exact) mass is 413 g/mol. The van der Waals surface area contributed by atoms with Gasteiger partial charge in [0.05, 0.1) is 18.3 Å². The fourth-order valence-electron chi connectivity index (χ4n) is 3.75. The van der Waals surface area contributed by atoms with Crippen LogP contribution in [0.5, 0.6) is 0 Å². The Hall–Kier alpha value is -1.76. The zero-order chi connectivity index (χ0) is 22.0. The van der Waals surface area contributed by atoms with Crippen molar-refractivity contribution in [1.29, 1.82) is 0 Å². The molecular weight excluding hydrogens is 374 g/mol. The number of piperidine rings is 1. The van der Waals surface area contributed by atoms with Crippen LogP contribution in [0.3, 0.4) is 0 Å². The van der Waals surface area contributed by atoms with Gasteiger partial charge in [0, 0.05) is 38.1 Å². The van der Waals surface area contributed by atoms with Gasteiger partial charge in [-0.05, 0) is 70.8 Å². The lowest BCUT2D eigenvalue weighted by atomic mass is 9.91. The molecule has 0 unspecified atom stereocenters. The molecule has 0 aromatic heterocycles. The second-order valence-corrected chi connectivity index (χ2v) is 8.14. The van der Waals surface area contributed by atoms with Crippen LogP contribution < -0.4 is 0 Å². The molecule has 4 heteroatoms. The number of hydrogen-bond donors (Lipinski definition) is 0. The Morgan fingerprint density at radius 1 is 1.13 bits per heavy atom. The highest BCUT2D eigenvalue weighted by atomic mass is 16.5. The molecule has 0 spiro atoms. The van der Waals surface area contributed by atoms with Crippen molar-refractivity contribution in [2.75, 3.05) is 26.8 Å². The highest BCUT2D eigenvalue weighted by molar-refractivity contribution is 5.46. The van der Waals surface area contributed by atoms with Gasteiger partial charge in [-0.3, -0.25) is 0 Å². The van der Waals surface area contributed by atoms with E-state index in [2.05, 4.69) is 34.6 Å². The van der Waals surface area contributed by atoms with Crippen LogP contribution in [-0.4, -0.2) is 55.6 Å². The molecule has 166 valence electrons. The molecule has 2 aliphatic carbocycles. The number of allylic oxidation sites excluding steroid dienone is 4. The van der Waals surface area contributed by atoms with Crippen LogP contribution >= 0.6 is 0 Å². The van der Waals surface area contributed by atoms with Gasteiger partial charge in [0.15, 0.2) is 0 Å². The van der Waals surface area contributed by atoms with Gasteiger partial charge in [-0.2, -0.15) is 0 Å². The maximum Gasteiger partial charge on any atom is 0.123 e. The predicted molar refractivity (Wildman–Crippen MR) is 123 cm³/mol. The highest BCUT2D eigenvalue weighted by Gasteiger charge is 2.33. The Morgan fingerprint density at radius 2 is 1.83 bits per heavy atom. The van der Waals surface area contributed by atoms with Crippen molar-refractivity contribution >= 4 is 0 Å². The van der Waals surface area contributed by atoms with Crippen molar-refractivity contribution in [2.45, 2.75) is 84.2 Å². The summed E-state index contributed by atoms with van der Waals surface area (Å²) in [5.41, 5.74) is 4.91. The summed E-state index contributed by atoms with van der Waals surface area (Å²) in [7, 11) is 1.78. The first kappa shape index (κ1) is 24.5. The summed E-state index contributed by atoms with van der Waals surface area (Å²) in [6.07, 6.45) is 13.6. The molecule has 0 radical (unpaired) electrons. The minimum Gasteiger partial charge on any atom is -0.381 e. The van der Waals surface area contributed by atoms with Crippen LogP contribution in [0.4, 0.5) is 0 Å². The number of hydrogen-bond acceptors (Lipinski definition) is 4. The van der Waals surface area contributed by atoms with E-state index in [0.29, 0.717) is 24.9 Å². The first-order valence-corrected chi connectivity index (χ1v) is 11.4. The van der Waals surface area contributed by atoms with Gasteiger partial charge in [-0.15, -0.1) is 5.73 Å². The topological polar surface area (TPSA) is 30.9 Å². The molecule has 0 amide bonds. The lowest BCUT2D eigenvalue weighted by molar-refractivity contribution is -0.124. The van der Waals surface area contributed by atoms with Crippen LogP contribution in [0.2, 0.25) is 0 Å². The zero-order valence-electron chi connectivity index (χ0n) is 19.7. The van der Waals surface area contributed by atoms with E-state index in [-0.39, 0.29) is 0 Å². The highest BCUT2D eigenvalue weighted by Crippen LogP contribution is 2.29. The van der Waals surface area contributed by atoms with Crippen molar-refractivity contribution in [1.82, 2.24) is 4.90 Å². The van der Waals surface area contributed by atoms with E-state index in [1.165, 1.54) is 5.70 Å². The standard InChI is InChI=1S/C24H33NO3.C2H6/c1-5-27-24(2,3)13-10-19-8-6-7-9-20(16-19)25-14-11-21(12-15-25)28-23-17-22(18-23)26-4;1-2/h7-9,16,21-23H,5,11-12,14-15,17-18H2,1-4H3;1-2H3. The van der Waals surface area contributed by atoms with Gasteiger partial charge in [-0.25, -0.2) is 0 Å². The van der Waals surface area contributed by atoms with E-state index >= 15 is 0 Å². The molecule has 1 aliphatic heterocycles. The van der Waals surface area contributed by atoms with Crippen molar-refractivity contribution in [3.05, 3.63) is 41.3 Å². The molecule has 1 heterocycles. The van der Waals surface area contributed by atoms with Crippen LogP contribution in [0.25, 0.3) is 0 Å². The normalized spacial score (nSPS) is 23.9. The predicted octanol–water partition coefficient (Wildman–Crippen LogP) is 5.02. The van der Waals surface area contributed by atoms with Crippen molar-refractivity contribution in [2.24, 2.45) is 0 Å². The van der Waals surface area contributed by atoms with Gasteiger partial charge < -0.3 is 19.1 Å². The molecule has 30 heavy (non-hydrogen) atoms. The number of rotatable bonds is 6. The van der Waals surface area contributed by atoms with Crippen molar-refractivity contribution in [3.8, 4) is 11.8 Å². The Bertz CT molecular complexity index is 717. The minimum absolute atomic E-state index is 0.370. The third-order valence-corrected chi connectivity index (χ3v) is 5.48. The number of ether oxygens (including phenoxy) is 3. The summed E-state index contributed by atoms with van der Waals surface area (Å²) in [6.45, 7) is 12.7. The van der Waals surface area contributed by atoms with E-state index in [0.717, 1.165) is 44.3 Å². The van der Waals surface area contributed by atoms with Gasteiger partial charge in [0.1, 0.15) is 5.60 Å². The molecule has 0 atom stereocenters. The summed E-state index contributed by atoms with van der Waals surface area (Å²) in [4.78, 5) is 2.42. The maximum atomic E-state index is 6.24. The first-order valence-electron chi connectivity index (χ1n) is 11.4. The maximum absolute atomic E-state index is 6.24. The molecule has 3 aliphatic rings. The fourth-order valence-corrected chi connectivity index (χ4v) is 3.75. The third kappa shape index (κ3) is 7.49. The molecule has 0 bridgehead atoms. The van der Waals surface area contributed by atoms with E-state index in [1.807, 2.05) is 46.8 Å². The molecular formula is C26H39NO3. The Labute approximate surface area is 183 Å². The fraction of sp³-hybridized carbons (Fsp3) is 0.654. The van der Waals surface area contributed by atoms with E-state index in [9.17, 15) is 0 Å². The SMILES string of the molecule is CC.CCOC(C)(C)C#CC1=CC(N2CCC(OC3CC(OC)C3)CC2)=CC=C=C1. The average molecular weight is 414 g/mol. The van der Waals surface area contributed by atoms with Crippen LogP contribution in [0.1, 0.15) is 60.3 Å². The molecule has 2 fully saturated rings. The zero-order valence-corrected chi connectivity index (χ0v) is 19.7. The molecule has 1 saturated heterocycles. The lowest BCUT2D eigenvalue weighted by Gasteiger charge is -2.40. The Kier molecular flexibility index (Phi) is 9.95. The molecule has 1 saturated carbocycles. The number of nitrogens with zero attached hydrogens (tertiary/aromatic N) is 1. The Balaban J connectivity index is 0.00000155. The minimum atomic E-state index is -0.442. The van der Waals surface area contributed by atoms with E-state index < -0.39 is 5.60 Å². The lowest BCUT2D eigenvalue weighted by Crippen LogP contribution is -2.43. The van der Waals surface area contributed by atoms with Crippen LogP contribution in [0.15, 0.2) is 41.3 Å². The van der Waals surface area contributed by atoms with E-state index in [1.54, 1.807) is 7.11 Å². The number of methoxy groups -OCH3 is 1. The van der Waals surface area contributed by atoms with Crippen LogP contribution in [-0.2, 0) is 14.2 Å². The Morgan fingerprint density at radius 3 is 2.47 bits per heavy atom. The molecule has 4 nitrogen and oxygen atoms in total. The molecule has 3 rings (SSSR count).